The van der Waals surface area contributed by atoms with Crippen LogP contribution in [-0.4, -0.2) is 13.2 Å². The summed E-state index contributed by atoms with van der Waals surface area (Å²) in [6.07, 6.45) is 10.6. The molecule has 2 heteroatoms. The fourth-order valence-electron chi connectivity index (χ4n) is 1.95. The van der Waals surface area contributed by atoms with Crippen molar-refractivity contribution < 1.29 is 9.47 Å². The molecule has 0 N–H and O–H groups in total. The zero-order chi connectivity index (χ0) is 12.1. The highest BCUT2D eigenvalue weighted by Crippen LogP contribution is 2.31. The molecule has 0 unspecified atom stereocenters. The van der Waals surface area contributed by atoms with Gasteiger partial charge in [-0.2, -0.15) is 0 Å². The zero-order valence-electron chi connectivity index (χ0n) is 10.3. The van der Waals surface area contributed by atoms with E-state index in [-0.39, 0.29) is 6.10 Å². The van der Waals surface area contributed by atoms with E-state index in [9.17, 15) is 0 Å². The van der Waals surface area contributed by atoms with Crippen molar-refractivity contribution in [2.45, 2.75) is 25.9 Å². The zero-order valence-corrected chi connectivity index (χ0v) is 10.3. The summed E-state index contributed by atoms with van der Waals surface area (Å²) in [7, 11) is 1.68. The number of rotatable bonds is 4. The highest BCUT2D eigenvalue weighted by atomic mass is 16.5. The summed E-state index contributed by atoms with van der Waals surface area (Å²) in [5.74, 6) is 1.63. The standard InChI is InChI=1S/C15H18O2/c1-3-6-12-9-10-14(15(11-12)16-2)17-13-7-4-5-8-13/h3-6,9-11,13H,7-8H2,1-2H3/b6-3+. The van der Waals surface area contributed by atoms with Crippen LogP contribution in [0, 0.1) is 0 Å². The monoisotopic (exact) mass is 230 g/mol. The summed E-state index contributed by atoms with van der Waals surface area (Å²) >= 11 is 0. The highest BCUT2D eigenvalue weighted by Gasteiger charge is 2.14. The maximum atomic E-state index is 5.92. The molecule has 17 heavy (non-hydrogen) atoms. The number of hydrogen-bond acceptors (Lipinski definition) is 2. The van der Waals surface area contributed by atoms with Crippen LogP contribution in [0.3, 0.4) is 0 Å². The largest absolute Gasteiger partial charge is 0.493 e. The van der Waals surface area contributed by atoms with Gasteiger partial charge in [-0.05, 0) is 24.6 Å². The van der Waals surface area contributed by atoms with Gasteiger partial charge in [0.25, 0.3) is 0 Å². The van der Waals surface area contributed by atoms with E-state index in [1.807, 2.05) is 37.3 Å². The molecule has 0 bridgehead atoms. The molecule has 90 valence electrons. The predicted octanol–water partition coefficient (Wildman–Crippen LogP) is 3.83. The highest BCUT2D eigenvalue weighted by molar-refractivity contribution is 5.55. The Hall–Kier alpha value is -1.70. The van der Waals surface area contributed by atoms with Crippen LogP contribution >= 0.6 is 0 Å². The van der Waals surface area contributed by atoms with Gasteiger partial charge in [-0.1, -0.05) is 30.4 Å². The minimum atomic E-state index is 0.261. The number of hydrogen-bond donors (Lipinski definition) is 0. The van der Waals surface area contributed by atoms with Crippen molar-refractivity contribution >= 4 is 6.08 Å². The van der Waals surface area contributed by atoms with Gasteiger partial charge in [0.2, 0.25) is 0 Å². The number of methoxy groups -OCH3 is 1. The Labute approximate surface area is 103 Å². The van der Waals surface area contributed by atoms with E-state index < -0.39 is 0 Å². The van der Waals surface area contributed by atoms with Crippen molar-refractivity contribution in [2.75, 3.05) is 7.11 Å². The van der Waals surface area contributed by atoms with Crippen LogP contribution in [0.1, 0.15) is 25.3 Å². The molecule has 0 fully saturated rings. The van der Waals surface area contributed by atoms with E-state index in [1.54, 1.807) is 7.11 Å². The number of ether oxygens (including phenoxy) is 2. The van der Waals surface area contributed by atoms with Gasteiger partial charge in [-0.3, -0.25) is 0 Å². The first-order valence-electron chi connectivity index (χ1n) is 5.96. The molecule has 1 aromatic carbocycles. The lowest BCUT2D eigenvalue weighted by atomic mass is 10.2. The fourth-order valence-corrected chi connectivity index (χ4v) is 1.95. The van der Waals surface area contributed by atoms with Gasteiger partial charge in [0.05, 0.1) is 7.11 Å². The van der Waals surface area contributed by atoms with Crippen LogP contribution < -0.4 is 9.47 Å². The number of allylic oxidation sites excluding steroid dienone is 1. The molecule has 0 saturated heterocycles. The third-order valence-corrected chi connectivity index (χ3v) is 2.81. The van der Waals surface area contributed by atoms with E-state index >= 15 is 0 Å². The molecule has 0 aliphatic heterocycles. The van der Waals surface area contributed by atoms with Gasteiger partial charge in [-0.25, -0.2) is 0 Å². The molecule has 0 heterocycles. The first-order chi connectivity index (χ1) is 8.33. The minimum Gasteiger partial charge on any atom is -0.493 e. The molecule has 1 aliphatic rings. The van der Waals surface area contributed by atoms with Gasteiger partial charge in [0, 0.05) is 12.8 Å². The van der Waals surface area contributed by atoms with Crippen molar-refractivity contribution in [1.29, 1.82) is 0 Å². The first-order valence-corrected chi connectivity index (χ1v) is 5.96. The average Bonchev–Trinajstić information content (AvgIpc) is 2.84. The van der Waals surface area contributed by atoms with E-state index in [0.717, 1.165) is 29.9 Å². The third-order valence-electron chi connectivity index (χ3n) is 2.81. The summed E-state index contributed by atoms with van der Waals surface area (Å²) in [5.41, 5.74) is 1.13. The summed E-state index contributed by atoms with van der Waals surface area (Å²) in [5, 5.41) is 0. The molecular formula is C15H18O2. The van der Waals surface area contributed by atoms with Crippen LogP contribution in [-0.2, 0) is 0 Å². The topological polar surface area (TPSA) is 18.5 Å². The molecule has 2 rings (SSSR count). The Morgan fingerprint density at radius 3 is 2.59 bits per heavy atom. The molecule has 2 nitrogen and oxygen atoms in total. The summed E-state index contributed by atoms with van der Waals surface area (Å²) in [6, 6.07) is 6.02. The van der Waals surface area contributed by atoms with E-state index in [4.69, 9.17) is 9.47 Å². The maximum absolute atomic E-state index is 5.92. The minimum absolute atomic E-state index is 0.261. The van der Waals surface area contributed by atoms with Crippen molar-refractivity contribution in [1.82, 2.24) is 0 Å². The maximum Gasteiger partial charge on any atom is 0.161 e. The van der Waals surface area contributed by atoms with Crippen molar-refractivity contribution in [3.05, 3.63) is 42.0 Å². The van der Waals surface area contributed by atoms with Crippen LogP contribution in [0.2, 0.25) is 0 Å². The quantitative estimate of drug-likeness (QED) is 0.732. The van der Waals surface area contributed by atoms with Crippen molar-refractivity contribution in [2.24, 2.45) is 0 Å². The second-order valence-corrected chi connectivity index (χ2v) is 4.09. The molecule has 0 aromatic heterocycles. The van der Waals surface area contributed by atoms with Gasteiger partial charge < -0.3 is 9.47 Å². The predicted molar refractivity (Wildman–Crippen MR) is 70.5 cm³/mol. The average molecular weight is 230 g/mol. The molecular weight excluding hydrogens is 212 g/mol. The molecule has 1 aromatic rings. The fraction of sp³-hybridized carbons (Fsp3) is 0.333. The van der Waals surface area contributed by atoms with Crippen LogP contribution in [0.25, 0.3) is 6.08 Å². The first kappa shape index (κ1) is 11.8. The van der Waals surface area contributed by atoms with E-state index in [2.05, 4.69) is 12.2 Å². The second kappa shape index (κ2) is 5.58. The second-order valence-electron chi connectivity index (χ2n) is 4.09. The van der Waals surface area contributed by atoms with Gasteiger partial charge in [0.1, 0.15) is 6.10 Å². The molecule has 1 aliphatic carbocycles. The summed E-state index contributed by atoms with van der Waals surface area (Å²) in [4.78, 5) is 0. The summed E-state index contributed by atoms with van der Waals surface area (Å²) in [6.45, 7) is 2.00. The molecule has 0 amide bonds. The Kier molecular flexibility index (Phi) is 3.86. The Bertz CT molecular complexity index is 425. The van der Waals surface area contributed by atoms with Gasteiger partial charge in [-0.15, -0.1) is 0 Å². The van der Waals surface area contributed by atoms with Crippen molar-refractivity contribution in [3.63, 3.8) is 0 Å². The smallest absolute Gasteiger partial charge is 0.161 e. The SMILES string of the molecule is C/C=C/c1ccc(OC2CC=CC2)c(OC)c1. The summed E-state index contributed by atoms with van der Waals surface area (Å²) < 4.78 is 11.3. The van der Waals surface area contributed by atoms with Crippen molar-refractivity contribution in [3.8, 4) is 11.5 Å². The van der Waals surface area contributed by atoms with Gasteiger partial charge >= 0.3 is 0 Å². The lowest BCUT2D eigenvalue weighted by Gasteiger charge is -2.16. The van der Waals surface area contributed by atoms with Crippen LogP contribution in [0.4, 0.5) is 0 Å². The third kappa shape index (κ3) is 2.90. The molecule has 0 atom stereocenters. The lowest BCUT2D eigenvalue weighted by molar-refractivity contribution is 0.206. The van der Waals surface area contributed by atoms with E-state index in [0.29, 0.717) is 0 Å². The van der Waals surface area contributed by atoms with Crippen LogP contribution in [0.5, 0.6) is 11.5 Å². The Morgan fingerprint density at radius 2 is 1.94 bits per heavy atom. The van der Waals surface area contributed by atoms with Gasteiger partial charge in [0.15, 0.2) is 11.5 Å². The van der Waals surface area contributed by atoms with Crippen LogP contribution in [0.15, 0.2) is 36.4 Å². The molecule has 0 spiro atoms. The molecule has 0 radical (unpaired) electrons. The van der Waals surface area contributed by atoms with E-state index in [1.165, 1.54) is 0 Å². The Balaban J connectivity index is 2.15. The Morgan fingerprint density at radius 1 is 1.18 bits per heavy atom. The normalized spacial score (nSPS) is 15.6. The lowest BCUT2D eigenvalue weighted by Crippen LogP contribution is -2.12. The number of benzene rings is 1. The molecule has 0 saturated carbocycles.